The summed E-state index contributed by atoms with van der Waals surface area (Å²) >= 11 is 6.33. The molecule has 2 aromatic carbocycles. The summed E-state index contributed by atoms with van der Waals surface area (Å²) in [5.74, 6) is -0.460. The van der Waals surface area contributed by atoms with Crippen LogP contribution in [-0.2, 0) is 24.3 Å². The topological polar surface area (TPSA) is 92.5 Å². The predicted molar refractivity (Wildman–Crippen MR) is 126 cm³/mol. The molecule has 0 saturated carbocycles. The van der Waals surface area contributed by atoms with Crippen molar-refractivity contribution in [1.29, 1.82) is 0 Å². The Morgan fingerprint density at radius 3 is 2.91 bits per heavy atom. The lowest BCUT2D eigenvalue weighted by molar-refractivity contribution is 0.0422. The Kier molecular flexibility index (Phi) is 7.45. The van der Waals surface area contributed by atoms with Crippen LogP contribution < -0.4 is 10.6 Å². The summed E-state index contributed by atoms with van der Waals surface area (Å²) in [7, 11) is 1.55. The number of nitrogens with one attached hydrogen (secondary N) is 2. The van der Waals surface area contributed by atoms with Crippen LogP contribution in [0.3, 0.4) is 0 Å². The Morgan fingerprint density at radius 1 is 1.29 bits per heavy atom. The van der Waals surface area contributed by atoms with Crippen LogP contribution in [0, 0.1) is 5.82 Å². The lowest BCUT2D eigenvalue weighted by Gasteiger charge is -2.46. The number of hydrogen-bond acceptors (Lipinski definition) is 7. The van der Waals surface area contributed by atoms with Gasteiger partial charge in [0.05, 0.1) is 11.1 Å². The van der Waals surface area contributed by atoms with Crippen molar-refractivity contribution >= 4 is 23.5 Å². The Hall–Kier alpha value is -3.01. The maximum Gasteiger partial charge on any atom is 0.315 e. The van der Waals surface area contributed by atoms with E-state index in [1.54, 1.807) is 24.1 Å². The third kappa shape index (κ3) is 5.38. The van der Waals surface area contributed by atoms with Gasteiger partial charge in [-0.05, 0) is 48.7 Å². The number of anilines is 1. The SMILES string of the molecule is COCc1nnc(NCc2ccc(Cl)cc2C[C@@]2(C)CNCCN2C(=O)c2ccccc2F)o1. The monoisotopic (exact) mass is 487 g/mol. The van der Waals surface area contributed by atoms with Gasteiger partial charge in [0, 0.05) is 38.3 Å². The number of carbonyl (C=O) groups is 1. The van der Waals surface area contributed by atoms with E-state index < -0.39 is 11.4 Å². The summed E-state index contributed by atoms with van der Waals surface area (Å²) in [5.41, 5.74) is 1.43. The number of methoxy groups -OCH3 is 1. The molecule has 0 radical (unpaired) electrons. The number of benzene rings is 2. The molecule has 1 aliphatic heterocycles. The molecule has 1 aliphatic rings. The molecule has 4 rings (SSSR count). The number of carbonyl (C=O) groups excluding carboxylic acids is 1. The van der Waals surface area contributed by atoms with Gasteiger partial charge in [-0.25, -0.2) is 4.39 Å². The van der Waals surface area contributed by atoms with Crippen LogP contribution in [-0.4, -0.2) is 53.3 Å². The van der Waals surface area contributed by atoms with Gasteiger partial charge in [0.25, 0.3) is 5.91 Å². The molecule has 1 fully saturated rings. The van der Waals surface area contributed by atoms with Crippen molar-refractivity contribution in [1.82, 2.24) is 20.4 Å². The highest BCUT2D eigenvalue weighted by Crippen LogP contribution is 2.29. The van der Waals surface area contributed by atoms with Crippen molar-refractivity contribution in [2.45, 2.75) is 32.0 Å². The molecule has 1 aromatic heterocycles. The lowest BCUT2D eigenvalue weighted by Crippen LogP contribution is -2.62. The normalized spacial score (nSPS) is 18.2. The van der Waals surface area contributed by atoms with Gasteiger partial charge in [0.15, 0.2) is 0 Å². The molecule has 2 N–H and O–H groups in total. The number of aromatic nitrogens is 2. The third-order valence-corrected chi connectivity index (χ3v) is 6.16. The van der Waals surface area contributed by atoms with Gasteiger partial charge < -0.3 is 24.7 Å². The first-order chi connectivity index (χ1) is 16.4. The summed E-state index contributed by atoms with van der Waals surface area (Å²) < 4.78 is 24.9. The maximum atomic E-state index is 14.4. The Labute approximate surface area is 202 Å². The maximum absolute atomic E-state index is 14.4. The van der Waals surface area contributed by atoms with Crippen molar-refractivity contribution in [3.05, 3.63) is 75.9 Å². The van der Waals surface area contributed by atoms with Gasteiger partial charge in [-0.1, -0.05) is 34.9 Å². The molecule has 0 spiro atoms. The molecule has 10 heteroatoms. The van der Waals surface area contributed by atoms with Crippen LogP contribution >= 0.6 is 11.6 Å². The molecule has 8 nitrogen and oxygen atoms in total. The summed E-state index contributed by atoms with van der Waals surface area (Å²) in [6.07, 6.45) is 0.524. The third-order valence-electron chi connectivity index (χ3n) is 5.92. The summed E-state index contributed by atoms with van der Waals surface area (Å²) in [5, 5.41) is 15.0. The van der Waals surface area contributed by atoms with Gasteiger partial charge in [0.1, 0.15) is 12.4 Å². The number of ether oxygens (including phenoxy) is 1. The minimum atomic E-state index is -0.590. The Morgan fingerprint density at radius 2 is 2.12 bits per heavy atom. The predicted octanol–water partition coefficient (Wildman–Crippen LogP) is 3.67. The first-order valence-corrected chi connectivity index (χ1v) is 11.4. The average Bonchev–Trinajstić information content (AvgIpc) is 3.26. The zero-order valence-corrected chi connectivity index (χ0v) is 19.9. The van der Waals surface area contributed by atoms with E-state index in [-0.39, 0.29) is 24.1 Å². The fraction of sp³-hybridized carbons (Fsp3) is 0.375. The van der Waals surface area contributed by atoms with Gasteiger partial charge in [-0.15, -0.1) is 5.10 Å². The van der Waals surface area contributed by atoms with E-state index >= 15 is 0 Å². The second-order valence-electron chi connectivity index (χ2n) is 8.49. The van der Waals surface area contributed by atoms with E-state index in [1.807, 2.05) is 25.1 Å². The molecule has 1 atom stereocenters. The molecule has 0 aliphatic carbocycles. The molecule has 3 aromatic rings. The highest BCUT2D eigenvalue weighted by molar-refractivity contribution is 6.30. The molecule has 180 valence electrons. The van der Waals surface area contributed by atoms with Gasteiger partial charge in [-0.2, -0.15) is 0 Å². The average molecular weight is 488 g/mol. The first-order valence-electron chi connectivity index (χ1n) is 11.0. The van der Waals surface area contributed by atoms with Gasteiger partial charge in [0.2, 0.25) is 5.89 Å². The minimum Gasteiger partial charge on any atom is -0.406 e. The fourth-order valence-electron chi connectivity index (χ4n) is 4.22. The molecule has 1 amide bonds. The van der Waals surface area contributed by atoms with E-state index in [1.165, 1.54) is 12.1 Å². The summed E-state index contributed by atoms with van der Waals surface area (Å²) in [4.78, 5) is 15.1. The second kappa shape index (κ2) is 10.5. The summed E-state index contributed by atoms with van der Waals surface area (Å²) in [6, 6.07) is 12.0. The molecule has 2 heterocycles. The first kappa shape index (κ1) is 24.1. The fourth-order valence-corrected chi connectivity index (χ4v) is 4.41. The number of hydrogen-bond donors (Lipinski definition) is 2. The highest BCUT2D eigenvalue weighted by Gasteiger charge is 2.39. The molecule has 0 bridgehead atoms. The van der Waals surface area contributed by atoms with Crippen LogP contribution in [0.15, 0.2) is 46.9 Å². The van der Waals surface area contributed by atoms with Crippen LogP contribution in [0.1, 0.15) is 34.3 Å². The highest BCUT2D eigenvalue weighted by atomic mass is 35.5. The summed E-state index contributed by atoms with van der Waals surface area (Å²) in [6.45, 7) is 4.34. The van der Waals surface area contributed by atoms with E-state index in [0.717, 1.165) is 11.1 Å². The largest absolute Gasteiger partial charge is 0.406 e. The Bertz CT molecular complexity index is 1160. The lowest BCUT2D eigenvalue weighted by atomic mass is 9.86. The van der Waals surface area contributed by atoms with Gasteiger partial charge >= 0.3 is 6.01 Å². The van der Waals surface area contributed by atoms with Crippen molar-refractivity contribution in [3.63, 3.8) is 0 Å². The van der Waals surface area contributed by atoms with Crippen LogP contribution in [0.25, 0.3) is 0 Å². The van der Waals surface area contributed by atoms with Crippen molar-refractivity contribution in [2.75, 3.05) is 32.1 Å². The van der Waals surface area contributed by atoms with E-state index in [4.69, 9.17) is 20.8 Å². The van der Waals surface area contributed by atoms with Crippen molar-refractivity contribution in [3.8, 4) is 0 Å². The van der Waals surface area contributed by atoms with Crippen LogP contribution in [0.2, 0.25) is 5.02 Å². The number of halogens is 2. The number of nitrogens with zero attached hydrogens (tertiary/aromatic N) is 3. The van der Waals surface area contributed by atoms with E-state index in [9.17, 15) is 9.18 Å². The van der Waals surface area contributed by atoms with E-state index in [2.05, 4.69) is 20.8 Å². The van der Waals surface area contributed by atoms with Crippen molar-refractivity contribution in [2.24, 2.45) is 0 Å². The van der Waals surface area contributed by atoms with E-state index in [0.29, 0.717) is 43.5 Å². The molecule has 1 saturated heterocycles. The second-order valence-corrected chi connectivity index (χ2v) is 8.92. The minimum absolute atomic E-state index is 0.0758. The number of amides is 1. The van der Waals surface area contributed by atoms with Gasteiger partial charge in [-0.3, -0.25) is 4.79 Å². The zero-order valence-electron chi connectivity index (χ0n) is 19.1. The smallest absolute Gasteiger partial charge is 0.315 e. The molecular weight excluding hydrogens is 461 g/mol. The van der Waals surface area contributed by atoms with Crippen LogP contribution in [0.5, 0.6) is 0 Å². The standard InChI is InChI=1S/C24H27ClFN5O3/c1-24(15-27-9-10-31(24)22(32)19-5-3-4-6-20(19)26)12-17-11-18(25)8-7-16(17)13-28-23-30-29-21(34-23)14-33-2/h3-8,11,27H,9-10,12-15H2,1-2H3,(H,28,30)/t24-/m0/s1. The molecule has 34 heavy (non-hydrogen) atoms. The van der Waals surface area contributed by atoms with Crippen LogP contribution in [0.4, 0.5) is 10.4 Å². The number of rotatable bonds is 8. The quantitative estimate of drug-likeness (QED) is 0.501. The van der Waals surface area contributed by atoms with Crippen molar-refractivity contribution < 1.29 is 18.3 Å². The Balaban J connectivity index is 1.56. The zero-order chi connectivity index (χ0) is 24.1. The molecular formula is C24H27ClFN5O3. The molecule has 0 unspecified atom stereocenters. The number of piperazine rings is 1.